The fraction of sp³-hybridized carbons (Fsp3) is 0.588. The van der Waals surface area contributed by atoms with Crippen molar-refractivity contribution in [3.05, 3.63) is 23.9 Å². The van der Waals surface area contributed by atoms with E-state index in [2.05, 4.69) is 32.1 Å². The SMILES string of the molecule is C=CC(=O)N[C@@H]1CCN(c2nc(NC3CCC(O)CC3)ncc2Cl)C1. The molecule has 2 heterocycles. The number of anilines is 2. The van der Waals surface area contributed by atoms with E-state index in [-0.39, 0.29) is 24.1 Å². The molecule has 25 heavy (non-hydrogen) atoms. The van der Waals surface area contributed by atoms with Gasteiger partial charge in [-0.05, 0) is 38.2 Å². The van der Waals surface area contributed by atoms with Gasteiger partial charge in [0.25, 0.3) is 0 Å². The first-order valence-corrected chi connectivity index (χ1v) is 9.08. The van der Waals surface area contributed by atoms with Crippen molar-refractivity contribution in [2.45, 2.75) is 50.3 Å². The molecule has 0 spiro atoms. The predicted molar refractivity (Wildman–Crippen MR) is 97.9 cm³/mol. The van der Waals surface area contributed by atoms with Crippen LogP contribution in [-0.4, -0.2) is 52.3 Å². The van der Waals surface area contributed by atoms with Gasteiger partial charge in [-0.25, -0.2) is 4.98 Å². The van der Waals surface area contributed by atoms with Gasteiger partial charge in [-0.3, -0.25) is 4.79 Å². The predicted octanol–water partition coefficient (Wildman–Crippen LogP) is 1.73. The molecule has 1 aromatic heterocycles. The second kappa shape index (κ2) is 8.01. The highest BCUT2D eigenvalue weighted by molar-refractivity contribution is 6.32. The number of hydrogen-bond acceptors (Lipinski definition) is 6. The Morgan fingerprint density at radius 3 is 2.80 bits per heavy atom. The van der Waals surface area contributed by atoms with Crippen molar-refractivity contribution in [2.24, 2.45) is 0 Å². The van der Waals surface area contributed by atoms with E-state index in [1.165, 1.54) is 6.08 Å². The number of aromatic nitrogens is 2. The van der Waals surface area contributed by atoms with Crippen molar-refractivity contribution in [2.75, 3.05) is 23.3 Å². The highest BCUT2D eigenvalue weighted by Gasteiger charge is 2.27. The average molecular weight is 366 g/mol. The molecule has 1 saturated heterocycles. The lowest BCUT2D eigenvalue weighted by molar-refractivity contribution is -0.117. The van der Waals surface area contributed by atoms with Crippen molar-refractivity contribution in [1.82, 2.24) is 15.3 Å². The first kappa shape index (κ1) is 17.9. The maximum atomic E-state index is 11.4. The molecule has 0 bridgehead atoms. The number of nitrogens with zero attached hydrogens (tertiary/aromatic N) is 3. The third-order valence-corrected chi connectivity index (χ3v) is 5.04. The topological polar surface area (TPSA) is 90.4 Å². The number of amides is 1. The summed E-state index contributed by atoms with van der Waals surface area (Å²) in [5.41, 5.74) is 0. The Morgan fingerprint density at radius 2 is 2.08 bits per heavy atom. The summed E-state index contributed by atoms with van der Waals surface area (Å²) in [5.74, 6) is 1.08. The van der Waals surface area contributed by atoms with Gasteiger partial charge >= 0.3 is 0 Å². The zero-order valence-electron chi connectivity index (χ0n) is 14.1. The van der Waals surface area contributed by atoms with Crippen LogP contribution in [-0.2, 0) is 4.79 Å². The molecule has 1 amide bonds. The van der Waals surface area contributed by atoms with Crippen molar-refractivity contribution in [3.63, 3.8) is 0 Å². The second-order valence-corrected chi connectivity index (χ2v) is 7.07. The quantitative estimate of drug-likeness (QED) is 0.688. The summed E-state index contributed by atoms with van der Waals surface area (Å²) in [6, 6.07) is 0.336. The molecular formula is C17H24ClN5O2. The molecule has 0 radical (unpaired) electrons. The van der Waals surface area contributed by atoms with Crippen LogP contribution in [0, 0.1) is 0 Å². The monoisotopic (exact) mass is 365 g/mol. The molecule has 1 aliphatic heterocycles. The van der Waals surface area contributed by atoms with Crippen LogP contribution in [0.4, 0.5) is 11.8 Å². The number of aliphatic hydroxyl groups excluding tert-OH is 1. The molecule has 8 heteroatoms. The van der Waals surface area contributed by atoms with Crippen LogP contribution in [0.1, 0.15) is 32.1 Å². The van der Waals surface area contributed by atoms with Crippen LogP contribution in [0.2, 0.25) is 5.02 Å². The average Bonchev–Trinajstić information content (AvgIpc) is 3.06. The minimum absolute atomic E-state index is 0.0628. The highest BCUT2D eigenvalue weighted by Crippen LogP contribution is 2.28. The van der Waals surface area contributed by atoms with Crippen molar-refractivity contribution in [1.29, 1.82) is 0 Å². The molecule has 7 nitrogen and oxygen atoms in total. The normalized spacial score (nSPS) is 26.3. The van der Waals surface area contributed by atoms with E-state index in [0.717, 1.165) is 38.6 Å². The molecule has 1 saturated carbocycles. The van der Waals surface area contributed by atoms with Gasteiger partial charge in [-0.15, -0.1) is 0 Å². The minimum Gasteiger partial charge on any atom is -0.393 e. The fourth-order valence-electron chi connectivity index (χ4n) is 3.38. The van der Waals surface area contributed by atoms with Crippen LogP contribution in [0.15, 0.2) is 18.9 Å². The Kier molecular flexibility index (Phi) is 5.75. The maximum Gasteiger partial charge on any atom is 0.243 e. The molecule has 136 valence electrons. The molecule has 0 aromatic carbocycles. The van der Waals surface area contributed by atoms with Gasteiger partial charge in [0.05, 0.1) is 12.3 Å². The largest absolute Gasteiger partial charge is 0.393 e. The molecule has 1 aliphatic carbocycles. The van der Waals surface area contributed by atoms with E-state index in [9.17, 15) is 9.90 Å². The first-order valence-electron chi connectivity index (χ1n) is 8.70. The first-order chi connectivity index (χ1) is 12.0. The smallest absolute Gasteiger partial charge is 0.243 e. The number of carbonyl (C=O) groups is 1. The number of hydrogen-bond donors (Lipinski definition) is 3. The van der Waals surface area contributed by atoms with E-state index in [1.807, 2.05) is 0 Å². The molecule has 0 unspecified atom stereocenters. The molecule has 2 aliphatic rings. The highest BCUT2D eigenvalue weighted by atomic mass is 35.5. The van der Waals surface area contributed by atoms with E-state index in [0.29, 0.717) is 23.3 Å². The lowest BCUT2D eigenvalue weighted by Crippen LogP contribution is -2.36. The number of aliphatic hydroxyl groups is 1. The Hall–Kier alpha value is -1.86. The van der Waals surface area contributed by atoms with Crippen LogP contribution in [0.5, 0.6) is 0 Å². The van der Waals surface area contributed by atoms with Crippen molar-refractivity contribution >= 4 is 29.3 Å². The third kappa shape index (κ3) is 4.61. The number of halogens is 1. The molecular weight excluding hydrogens is 342 g/mol. The minimum atomic E-state index is -0.188. The fourth-order valence-corrected chi connectivity index (χ4v) is 3.59. The van der Waals surface area contributed by atoms with Crippen molar-refractivity contribution < 1.29 is 9.90 Å². The molecule has 2 fully saturated rings. The number of nitrogens with one attached hydrogen (secondary N) is 2. The number of carbonyl (C=O) groups excluding carboxylic acids is 1. The summed E-state index contributed by atoms with van der Waals surface area (Å²) in [6.07, 6.45) is 6.95. The van der Waals surface area contributed by atoms with Crippen LogP contribution in [0.3, 0.4) is 0 Å². The molecule has 1 aromatic rings. The van der Waals surface area contributed by atoms with Gasteiger partial charge in [0.15, 0.2) is 5.82 Å². The third-order valence-electron chi connectivity index (χ3n) is 4.78. The Balaban J connectivity index is 1.64. The van der Waals surface area contributed by atoms with Gasteiger partial charge in [-0.2, -0.15) is 4.98 Å². The summed E-state index contributed by atoms with van der Waals surface area (Å²) in [7, 11) is 0. The second-order valence-electron chi connectivity index (χ2n) is 6.66. The summed E-state index contributed by atoms with van der Waals surface area (Å²) in [5, 5.41) is 16.4. The zero-order valence-corrected chi connectivity index (χ0v) is 14.9. The van der Waals surface area contributed by atoms with Crippen LogP contribution < -0.4 is 15.5 Å². The Labute approximate surface area is 152 Å². The summed E-state index contributed by atoms with van der Waals surface area (Å²) < 4.78 is 0. The van der Waals surface area contributed by atoms with Crippen LogP contribution in [0.25, 0.3) is 0 Å². The van der Waals surface area contributed by atoms with E-state index >= 15 is 0 Å². The summed E-state index contributed by atoms with van der Waals surface area (Å²) in [4.78, 5) is 22.4. The Morgan fingerprint density at radius 1 is 1.32 bits per heavy atom. The van der Waals surface area contributed by atoms with E-state index < -0.39 is 0 Å². The van der Waals surface area contributed by atoms with E-state index in [4.69, 9.17) is 11.6 Å². The molecule has 3 N–H and O–H groups in total. The molecule has 1 atom stereocenters. The zero-order chi connectivity index (χ0) is 17.8. The van der Waals surface area contributed by atoms with Gasteiger partial charge in [-0.1, -0.05) is 18.2 Å². The standard InChI is InChI=1S/C17H24ClN5O2/c1-2-15(25)20-12-7-8-23(10-12)16-14(18)9-19-17(22-16)21-11-3-5-13(24)6-4-11/h2,9,11-13,24H,1,3-8,10H2,(H,20,25)(H,19,21,22)/t11?,12-,13?/m1/s1. The summed E-state index contributed by atoms with van der Waals surface area (Å²) >= 11 is 6.29. The lowest BCUT2D eigenvalue weighted by Gasteiger charge is -2.26. The van der Waals surface area contributed by atoms with E-state index in [1.54, 1.807) is 6.20 Å². The van der Waals surface area contributed by atoms with Gasteiger partial charge < -0.3 is 20.6 Å². The molecule has 3 rings (SSSR count). The maximum absolute atomic E-state index is 11.4. The van der Waals surface area contributed by atoms with Gasteiger partial charge in [0.1, 0.15) is 5.02 Å². The van der Waals surface area contributed by atoms with Crippen molar-refractivity contribution in [3.8, 4) is 0 Å². The number of rotatable bonds is 5. The van der Waals surface area contributed by atoms with Gasteiger partial charge in [0, 0.05) is 25.2 Å². The lowest BCUT2D eigenvalue weighted by atomic mass is 9.93. The summed E-state index contributed by atoms with van der Waals surface area (Å²) in [6.45, 7) is 4.90. The van der Waals surface area contributed by atoms with Crippen LogP contribution >= 0.6 is 11.6 Å². The van der Waals surface area contributed by atoms with Gasteiger partial charge in [0.2, 0.25) is 11.9 Å². The Bertz CT molecular complexity index is 633.